The molecule has 0 heterocycles. The van der Waals surface area contributed by atoms with Crippen molar-refractivity contribution in [3.05, 3.63) is 65.3 Å². The van der Waals surface area contributed by atoms with E-state index >= 15 is 0 Å². The lowest BCUT2D eigenvalue weighted by Gasteiger charge is -2.06. The van der Waals surface area contributed by atoms with Crippen molar-refractivity contribution < 1.29 is 4.79 Å². The minimum absolute atomic E-state index is 0.0725. The van der Waals surface area contributed by atoms with Crippen molar-refractivity contribution in [2.24, 2.45) is 0 Å². The van der Waals surface area contributed by atoms with Gasteiger partial charge in [-0.15, -0.1) is 0 Å². The maximum atomic E-state index is 12.0. The topological polar surface area (TPSA) is 90.9 Å². The van der Waals surface area contributed by atoms with E-state index in [0.717, 1.165) is 0 Å². The quantitative estimate of drug-likeness (QED) is 0.458. The Bertz CT molecular complexity index is 747. The van der Waals surface area contributed by atoms with Gasteiger partial charge >= 0.3 is 0 Å². The fourth-order valence-corrected chi connectivity index (χ4v) is 1.83. The van der Waals surface area contributed by atoms with E-state index in [2.05, 4.69) is 10.6 Å². The zero-order valence-corrected chi connectivity index (χ0v) is 12.3. The van der Waals surface area contributed by atoms with Gasteiger partial charge in [-0.1, -0.05) is 23.7 Å². The van der Waals surface area contributed by atoms with E-state index < -0.39 is 5.91 Å². The molecule has 22 heavy (non-hydrogen) atoms. The van der Waals surface area contributed by atoms with E-state index in [1.54, 1.807) is 48.5 Å². The number of hydrogen-bond donors (Lipinski definition) is 3. The minimum Gasteiger partial charge on any atom is -0.399 e. The van der Waals surface area contributed by atoms with E-state index in [4.69, 9.17) is 22.6 Å². The summed E-state index contributed by atoms with van der Waals surface area (Å²) in [6.45, 7) is 0. The summed E-state index contributed by atoms with van der Waals surface area (Å²) < 4.78 is 0. The molecular formula is C16H13ClN4O. The molecule has 0 aliphatic heterocycles. The third-order valence-corrected chi connectivity index (χ3v) is 3.11. The Morgan fingerprint density at radius 2 is 1.86 bits per heavy atom. The number of hydrogen-bond acceptors (Lipinski definition) is 4. The van der Waals surface area contributed by atoms with Gasteiger partial charge in [0.25, 0.3) is 5.91 Å². The third kappa shape index (κ3) is 4.01. The SMILES string of the molecule is N#C/C(=C/Nc1ccccc1Cl)C(=O)Nc1ccc(N)cc1. The Morgan fingerprint density at radius 1 is 1.18 bits per heavy atom. The van der Waals surface area contributed by atoms with Gasteiger partial charge in [0.2, 0.25) is 0 Å². The number of amides is 1. The highest BCUT2D eigenvalue weighted by molar-refractivity contribution is 6.33. The molecule has 5 nitrogen and oxygen atoms in total. The molecule has 2 aromatic carbocycles. The summed E-state index contributed by atoms with van der Waals surface area (Å²) in [4.78, 5) is 12.0. The van der Waals surface area contributed by atoms with Crippen molar-refractivity contribution in [2.75, 3.05) is 16.4 Å². The number of para-hydroxylation sites is 1. The van der Waals surface area contributed by atoms with Crippen LogP contribution in [0, 0.1) is 11.3 Å². The number of carbonyl (C=O) groups is 1. The summed E-state index contributed by atoms with van der Waals surface area (Å²) in [6.07, 6.45) is 1.31. The highest BCUT2D eigenvalue weighted by Crippen LogP contribution is 2.20. The zero-order chi connectivity index (χ0) is 15.9. The molecule has 0 aromatic heterocycles. The molecule has 0 bridgehead atoms. The second kappa shape index (κ2) is 7.16. The molecule has 0 saturated carbocycles. The predicted molar refractivity (Wildman–Crippen MR) is 88.3 cm³/mol. The van der Waals surface area contributed by atoms with E-state index in [0.29, 0.717) is 22.1 Å². The number of anilines is 3. The molecule has 0 aliphatic carbocycles. The second-order valence-electron chi connectivity index (χ2n) is 4.37. The van der Waals surface area contributed by atoms with Gasteiger partial charge in [0, 0.05) is 17.6 Å². The molecule has 0 spiro atoms. The molecule has 0 unspecified atom stereocenters. The van der Waals surface area contributed by atoms with Gasteiger partial charge in [0.15, 0.2) is 0 Å². The van der Waals surface area contributed by atoms with Gasteiger partial charge in [-0.3, -0.25) is 4.79 Å². The number of carbonyl (C=O) groups excluding carboxylic acids is 1. The van der Waals surface area contributed by atoms with Crippen LogP contribution < -0.4 is 16.4 Å². The molecule has 110 valence electrons. The fraction of sp³-hybridized carbons (Fsp3) is 0. The number of nitrogen functional groups attached to an aromatic ring is 1. The summed E-state index contributed by atoms with van der Waals surface area (Å²) in [5, 5.41) is 15.0. The van der Waals surface area contributed by atoms with Crippen molar-refractivity contribution in [1.82, 2.24) is 0 Å². The van der Waals surface area contributed by atoms with Gasteiger partial charge in [0.1, 0.15) is 11.6 Å². The molecule has 1 amide bonds. The van der Waals surface area contributed by atoms with Crippen molar-refractivity contribution in [3.8, 4) is 6.07 Å². The lowest BCUT2D eigenvalue weighted by molar-refractivity contribution is -0.112. The van der Waals surface area contributed by atoms with Crippen molar-refractivity contribution in [1.29, 1.82) is 5.26 Å². The maximum absolute atomic E-state index is 12.0. The Kier molecular flexibility index (Phi) is 5.02. The summed E-state index contributed by atoms with van der Waals surface area (Å²) in [5.41, 5.74) is 7.25. The number of nitrogens with two attached hydrogens (primary N) is 1. The third-order valence-electron chi connectivity index (χ3n) is 2.78. The average molecular weight is 313 g/mol. The number of halogens is 1. The monoisotopic (exact) mass is 312 g/mol. The first-order valence-corrected chi connectivity index (χ1v) is 6.76. The minimum atomic E-state index is -0.521. The highest BCUT2D eigenvalue weighted by Gasteiger charge is 2.09. The normalized spacial score (nSPS) is 10.6. The molecule has 2 aromatic rings. The van der Waals surface area contributed by atoms with Crippen LogP contribution in [0.1, 0.15) is 0 Å². The number of nitrogens with zero attached hydrogens (tertiary/aromatic N) is 1. The summed E-state index contributed by atoms with van der Waals surface area (Å²) in [6, 6.07) is 15.5. The summed E-state index contributed by atoms with van der Waals surface area (Å²) in [7, 11) is 0. The molecular weight excluding hydrogens is 300 g/mol. The van der Waals surface area contributed by atoms with E-state index in [9.17, 15) is 4.79 Å². The number of benzene rings is 2. The van der Waals surface area contributed by atoms with Gasteiger partial charge < -0.3 is 16.4 Å². The van der Waals surface area contributed by atoms with E-state index in [1.807, 2.05) is 6.07 Å². The molecule has 0 fully saturated rings. The van der Waals surface area contributed by atoms with E-state index in [1.165, 1.54) is 6.20 Å². The summed E-state index contributed by atoms with van der Waals surface area (Å²) >= 11 is 5.99. The standard InChI is InChI=1S/C16H13ClN4O/c17-14-3-1-2-4-15(14)20-10-11(9-18)16(22)21-13-7-5-12(19)6-8-13/h1-8,10,20H,19H2,(H,21,22)/b11-10-. The predicted octanol–water partition coefficient (Wildman–Crippen LogP) is 3.38. The van der Waals surface area contributed by atoms with Crippen LogP contribution >= 0.6 is 11.6 Å². The lowest BCUT2D eigenvalue weighted by atomic mass is 10.2. The molecule has 4 N–H and O–H groups in total. The number of nitriles is 1. The Balaban J connectivity index is 2.09. The van der Waals surface area contributed by atoms with Crippen LogP contribution in [0.3, 0.4) is 0 Å². The first-order chi connectivity index (χ1) is 10.6. The van der Waals surface area contributed by atoms with Crippen molar-refractivity contribution >= 4 is 34.6 Å². The Morgan fingerprint density at radius 3 is 2.50 bits per heavy atom. The Hall–Kier alpha value is -2.97. The van der Waals surface area contributed by atoms with Crippen LogP contribution in [0.4, 0.5) is 17.1 Å². The maximum Gasteiger partial charge on any atom is 0.267 e. The smallest absolute Gasteiger partial charge is 0.267 e. The molecule has 0 saturated heterocycles. The number of nitrogens with one attached hydrogen (secondary N) is 2. The van der Waals surface area contributed by atoms with Crippen LogP contribution in [0.5, 0.6) is 0 Å². The van der Waals surface area contributed by atoms with Crippen LogP contribution in [0.25, 0.3) is 0 Å². The lowest BCUT2D eigenvalue weighted by Crippen LogP contribution is -2.14. The van der Waals surface area contributed by atoms with Gasteiger partial charge in [0.05, 0.1) is 10.7 Å². The first-order valence-electron chi connectivity index (χ1n) is 6.38. The molecule has 0 radical (unpaired) electrons. The molecule has 2 rings (SSSR count). The van der Waals surface area contributed by atoms with Gasteiger partial charge in [-0.25, -0.2) is 0 Å². The summed E-state index contributed by atoms with van der Waals surface area (Å²) in [5.74, 6) is -0.521. The second-order valence-corrected chi connectivity index (χ2v) is 4.78. The average Bonchev–Trinajstić information content (AvgIpc) is 2.52. The van der Waals surface area contributed by atoms with Crippen molar-refractivity contribution in [3.63, 3.8) is 0 Å². The molecule has 0 aliphatic rings. The van der Waals surface area contributed by atoms with Crippen LogP contribution in [0.2, 0.25) is 5.02 Å². The largest absolute Gasteiger partial charge is 0.399 e. The van der Waals surface area contributed by atoms with Crippen LogP contribution in [-0.4, -0.2) is 5.91 Å². The van der Waals surface area contributed by atoms with E-state index in [-0.39, 0.29) is 5.57 Å². The van der Waals surface area contributed by atoms with Gasteiger partial charge in [-0.2, -0.15) is 5.26 Å². The van der Waals surface area contributed by atoms with Crippen LogP contribution in [-0.2, 0) is 4.79 Å². The fourth-order valence-electron chi connectivity index (χ4n) is 1.64. The Labute approximate surface area is 133 Å². The highest BCUT2D eigenvalue weighted by atomic mass is 35.5. The van der Waals surface area contributed by atoms with Crippen LogP contribution in [0.15, 0.2) is 60.3 Å². The first kappa shape index (κ1) is 15.4. The molecule has 6 heteroatoms. The molecule has 0 atom stereocenters. The van der Waals surface area contributed by atoms with Gasteiger partial charge in [-0.05, 0) is 36.4 Å². The zero-order valence-electron chi connectivity index (χ0n) is 11.5. The number of rotatable bonds is 4. The van der Waals surface area contributed by atoms with Crippen molar-refractivity contribution in [2.45, 2.75) is 0 Å².